The predicted molar refractivity (Wildman–Crippen MR) is 74.1 cm³/mol. The summed E-state index contributed by atoms with van der Waals surface area (Å²) in [6.07, 6.45) is -0.394. The number of nitrogens with zero attached hydrogens (tertiary/aromatic N) is 3. The van der Waals surface area contributed by atoms with Gasteiger partial charge in [0.1, 0.15) is 23.6 Å². The highest BCUT2D eigenvalue weighted by Crippen LogP contribution is 2.25. The monoisotopic (exact) mass is 280 g/mol. The van der Waals surface area contributed by atoms with Gasteiger partial charge in [-0.15, -0.1) is 0 Å². The lowest BCUT2D eigenvalue weighted by Gasteiger charge is -2.10. The van der Waals surface area contributed by atoms with Crippen molar-refractivity contribution in [3.8, 4) is 17.7 Å². The van der Waals surface area contributed by atoms with Crippen molar-refractivity contribution in [2.45, 2.75) is 6.10 Å². The minimum Gasteiger partial charge on any atom is -0.369 e. The summed E-state index contributed by atoms with van der Waals surface area (Å²) >= 11 is 0. The molecule has 0 fully saturated rings. The van der Waals surface area contributed by atoms with Gasteiger partial charge in [0.2, 0.25) is 5.82 Å². The van der Waals surface area contributed by atoms with Crippen molar-refractivity contribution in [1.29, 1.82) is 5.26 Å². The molecule has 0 bridgehead atoms. The quantitative estimate of drug-likeness (QED) is 0.793. The van der Waals surface area contributed by atoms with E-state index in [2.05, 4.69) is 15.1 Å². The number of nitriles is 1. The van der Waals surface area contributed by atoms with E-state index in [1.807, 2.05) is 36.4 Å². The van der Waals surface area contributed by atoms with Gasteiger partial charge in [-0.05, 0) is 17.7 Å². The smallest absolute Gasteiger partial charge is 0.274 e. The minimum atomic E-state index is -0.394. The summed E-state index contributed by atoms with van der Waals surface area (Å²) in [5.74, 6) is 0.760. The van der Waals surface area contributed by atoms with Crippen LogP contribution in [0, 0.1) is 11.3 Å². The topological polar surface area (TPSA) is 87.7 Å². The molecule has 2 heterocycles. The van der Waals surface area contributed by atoms with E-state index in [9.17, 15) is 0 Å². The Morgan fingerprint density at radius 3 is 2.71 bits per heavy atom. The molecule has 0 amide bonds. The van der Waals surface area contributed by atoms with E-state index in [-0.39, 0.29) is 0 Å². The lowest BCUT2D eigenvalue weighted by Crippen LogP contribution is -2.05. The maximum atomic E-state index is 8.81. The van der Waals surface area contributed by atoms with Crippen LogP contribution in [-0.4, -0.2) is 22.2 Å². The molecule has 1 unspecified atom stereocenters. The van der Waals surface area contributed by atoms with Crippen LogP contribution in [0.3, 0.4) is 0 Å². The molecule has 3 rings (SSSR count). The van der Waals surface area contributed by atoms with Crippen molar-refractivity contribution in [2.75, 3.05) is 7.11 Å². The molecular formula is C15H12N4O2. The van der Waals surface area contributed by atoms with Crippen LogP contribution in [0.25, 0.3) is 11.6 Å². The number of ether oxygens (including phenoxy) is 1. The van der Waals surface area contributed by atoms with E-state index < -0.39 is 6.10 Å². The molecule has 104 valence electrons. The number of hydrogen-bond donors (Lipinski definition) is 1. The van der Waals surface area contributed by atoms with Crippen molar-refractivity contribution in [3.05, 3.63) is 59.5 Å². The molecule has 0 radical (unpaired) electrons. The fraction of sp³-hybridized carbons (Fsp3) is 0.133. The van der Waals surface area contributed by atoms with Crippen molar-refractivity contribution >= 4 is 0 Å². The van der Waals surface area contributed by atoms with E-state index in [4.69, 9.17) is 14.5 Å². The van der Waals surface area contributed by atoms with Gasteiger partial charge in [-0.1, -0.05) is 35.5 Å². The Hall–Kier alpha value is -2.91. The lowest BCUT2D eigenvalue weighted by molar-refractivity contribution is 0.126. The molecule has 21 heavy (non-hydrogen) atoms. The molecule has 2 aromatic heterocycles. The van der Waals surface area contributed by atoms with Gasteiger partial charge in [0.15, 0.2) is 0 Å². The summed E-state index contributed by atoms with van der Waals surface area (Å²) in [5.41, 5.74) is 1.99. The maximum Gasteiger partial charge on any atom is 0.274 e. The first kappa shape index (κ1) is 13.1. The summed E-state index contributed by atoms with van der Waals surface area (Å²) in [7, 11) is 1.59. The SMILES string of the molecule is COC(c1ccccc1)c1noc(-c2ccc(C#N)[nH]2)n1. The first-order valence-corrected chi connectivity index (χ1v) is 6.32. The van der Waals surface area contributed by atoms with Crippen molar-refractivity contribution in [3.63, 3.8) is 0 Å². The number of aromatic amines is 1. The van der Waals surface area contributed by atoms with E-state index in [1.54, 1.807) is 19.2 Å². The maximum absolute atomic E-state index is 8.81. The Balaban J connectivity index is 1.92. The Morgan fingerprint density at radius 1 is 1.24 bits per heavy atom. The van der Waals surface area contributed by atoms with Gasteiger partial charge in [-0.25, -0.2) is 0 Å². The summed E-state index contributed by atoms with van der Waals surface area (Å²) < 4.78 is 10.7. The lowest BCUT2D eigenvalue weighted by atomic mass is 10.1. The van der Waals surface area contributed by atoms with Crippen LogP contribution < -0.4 is 0 Å². The minimum absolute atomic E-state index is 0.324. The molecule has 6 nitrogen and oxygen atoms in total. The highest BCUT2D eigenvalue weighted by molar-refractivity contribution is 5.49. The number of H-pyrrole nitrogens is 1. The second kappa shape index (κ2) is 5.61. The molecule has 3 aromatic rings. The van der Waals surface area contributed by atoms with Gasteiger partial charge in [-0.3, -0.25) is 0 Å². The predicted octanol–water partition coefficient (Wildman–Crippen LogP) is 2.67. The van der Waals surface area contributed by atoms with E-state index in [0.717, 1.165) is 5.56 Å². The number of benzene rings is 1. The van der Waals surface area contributed by atoms with E-state index in [0.29, 0.717) is 23.1 Å². The van der Waals surface area contributed by atoms with Gasteiger partial charge in [0, 0.05) is 7.11 Å². The van der Waals surface area contributed by atoms with Crippen molar-refractivity contribution < 1.29 is 9.26 Å². The first-order chi connectivity index (χ1) is 10.3. The normalized spacial score (nSPS) is 12.0. The zero-order valence-electron chi connectivity index (χ0n) is 11.3. The Labute approximate surface area is 121 Å². The molecule has 0 saturated heterocycles. The Morgan fingerprint density at radius 2 is 2.05 bits per heavy atom. The van der Waals surface area contributed by atoms with Crippen LogP contribution >= 0.6 is 0 Å². The van der Waals surface area contributed by atoms with Crippen LogP contribution in [0.2, 0.25) is 0 Å². The zero-order chi connectivity index (χ0) is 14.7. The average molecular weight is 280 g/mol. The third-order valence-electron chi connectivity index (χ3n) is 3.05. The molecule has 0 saturated carbocycles. The third-order valence-corrected chi connectivity index (χ3v) is 3.05. The second-order valence-corrected chi connectivity index (χ2v) is 4.38. The highest BCUT2D eigenvalue weighted by atomic mass is 16.5. The molecule has 1 atom stereocenters. The summed E-state index contributed by atoms with van der Waals surface area (Å²) in [5, 5.41) is 12.8. The van der Waals surface area contributed by atoms with E-state index >= 15 is 0 Å². The second-order valence-electron chi connectivity index (χ2n) is 4.38. The fourth-order valence-corrected chi connectivity index (χ4v) is 2.05. The standard InChI is InChI=1S/C15H12N4O2/c1-20-13(10-5-3-2-4-6-10)14-18-15(21-19-14)12-8-7-11(9-16)17-12/h2-8,13,17H,1H3. The average Bonchev–Trinajstić information content (AvgIpc) is 3.18. The summed E-state index contributed by atoms with van der Waals surface area (Å²) in [6, 6.07) is 15.0. The highest BCUT2D eigenvalue weighted by Gasteiger charge is 2.20. The fourth-order valence-electron chi connectivity index (χ4n) is 2.05. The van der Waals surface area contributed by atoms with Crippen LogP contribution in [0.4, 0.5) is 0 Å². The van der Waals surface area contributed by atoms with Crippen LogP contribution in [0.5, 0.6) is 0 Å². The number of rotatable bonds is 4. The number of hydrogen-bond acceptors (Lipinski definition) is 5. The third kappa shape index (κ3) is 2.55. The molecule has 0 aliphatic heterocycles. The van der Waals surface area contributed by atoms with Gasteiger partial charge in [0.25, 0.3) is 5.89 Å². The molecule has 1 aromatic carbocycles. The van der Waals surface area contributed by atoms with Crippen molar-refractivity contribution in [2.24, 2.45) is 0 Å². The Kier molecular flexibility index (Phi) is 3.50. The van der Waals surface area contributed by atoms with Gasteiger partial charge >= 0.3 is 0 Å². The largest absolute Gasteiger partial charge is 0.369 e. The molecule has 0 spiro atoms. The van der Waals surface area contributed by atoms with Crippen LogP contribution in [0.1, 0.15) is 23.2 Å². The van der Waals surface area contributed by atoms with Gasteiger partial charge in [0.05, 0.1) is 0 Å². The van der Waals surface area contributed by atoms with Crippen LogP contribution in [-0.2, 0) is 4.74 Å². The molecule has 0 aliphatic carbocycles. The van der Waals surface area contributed by atoms with Gasteiger partial charge < -0.3 is 14.2 Å². The molecule has 6 heteroatoms. The zero-order valence-corrected chi connectivity index (χ0v) is 11.3. The molecule has 0 aliphatic rings. The van der Waals surface area contributed by atoms with Crippen LogP contribution in [0.15, 0.2) is 47.0 Å². The first-order valence-electron chi connectivity index (χ1n) is 6.32. The van der Waals surface area contributed by atoms with E-state index in [1.165, 1.54) is 0 Å². The summed E-state index contributed by atoms with van der Waals surface area (Å²) in [4.78, 5) is 7.22. The summed E-state index contributed by atoms with van der Waals surface area (Å²) in [6.45, 7) is 0. The van der Waals surface area contributed by atoms with Gasteiger partial charge in [-0.2, -0.15) is 10.2 Å². The number of aromatic nitrogens is 3. The number of methoxy groups -OCH3 is 1. The molecular weight excluding hydrogens is 268 g/mol. The van der Waals surface area contributed by atoms with Crippen molar-refractivity contribution in [1.82, 2.24) is 15.1 Å². The Bertz CT molecular complexity index is 770. The molecule has 1 N–H and O–H groups in total. The number of nitrogens with one attached hydrogen (secondary N) is 1.